The first-order valence-corrected chi connectivity index (χ1v) is 10.8. The first kappa shape index (κ1) is 17.9. The Morgan fingerprint density at radius 2 is 2.03 bits per heavy atom. The van der Waals surface area contributed by atoms with Gasteiger partial charge in [-0.1, -0.05) is 6.07 Å². The summed E-state index contributed by atoms with van der Waals surface area (Å²) in [7, 11) is 0. The lowest BCUT2D eigenvalue weighted by molar-refractivity contribution is 0.966. The molecular weight excluding hydrogens is 412 g/mol. The molecule has 0 saturated heterocycles. The van der Waals surface area contributed by atoms with Gasteiger partial charge in [-0.05, 0) is 42.5 Å². The summed E-state index contributed by atoms with van der Waals surface area (Å²) in [6.45, 7) is 0. The third-order valence-corrected chi connectivity index (χ3v) is 6.16. The predicted octanol–water partition coefficient (Wildman–Crippen LogP) is 4.46. The molecule has 0 unspecified atom stereocenters. The number of H-pyrrole nitrogens is 3. The van der Waals surface area contributed by atoms with Crippen LogP contribution in [0.25, 0.3) is 21.3 Å². The number of nitrogens with zero attached hydrogens (tertiary/aromatic N) is 3. The van der Waals surface area contributed by atoms with Gasteiger partial charge in [0.1, 0.15) is 11.6 Å². The molecule has 0 amide bonds. The number of benzene rings is 1. The van der Waals surface area contributed by atoms with Gasteiger partial charge in [0.2, 0.25) is 5.95 Å². The van der Waals surface area contributed by atoms with E-state index in [0.717, 1.165) is 27.6 Å². The maximum Gasteiger partial charge on any atom is 0.271 e. The maximum atomic E-state index is 11.7. The van der Waals surface area contributed by atoms with E-state index in [2.05, 4.69) is 36.0 Å². The Hall–Kier alpha value is -3.92. The highest BCUT2D eigenvalue weighted by Gasteiger charge is 2.26. The van der Waals surface area contributed by atoms with Crippen LogP contribution in [-0.4, -0.2) is 30.4 Å². The van der Waals surface area contributed by atoms with Crippen LogP contribution >= 0.6 is 11.3 Å². The highest BCUT2D eigenvalue weighted by Crippen LogP contribution is 2.40. The second-order valence-electron chi connectivity index (χ2n) is 7.50. The minimum absolute atomic E-state index is 0.144. The molecule has 0 spiro atoms. The van der Waals surface area contributed by atoms with E-state index in [1.165, 1.54) is 12.8 Å². The molecule has 0 bridgehead atoms. The van der Waals surface area contributed by atoms with Crippen molar-refractivity contribution in [3.63, 3.8) is 0 Å². The molecule has 4 aromatic heterocycles. The number of hydrogen-bond acceptors (Lipinski definition) is 7. The van der Waals surface area contributed by atoms with Crippen molar-refractivity contribution >= 4 is 45.5 Å². The maximum absolute atomic E-state index is 11.7. The number of nitrogens with one attached hydrogen (secondary N) is 5. The molecule has 0 aliphatic heterocycles. The van der Waals surface area contributed by atoms with Crippen LogP contribution in [0.3, 0.4) is 0 Å². The number of anilines is 4. The van der Waals surface area contributed by atoms with Gasteiger partial charge in [-0.2, -0.15) is 10.1 Å². The minimum Gasteiger partial charge on any atom is -0.325 e. The van der Waals surface area contributed by atoms with Crippen LogP contribution in [0.4, 0.5) is 23.3 Å². The number of rotatable bonds is 6. The number of hydrogen-bond donors (Lipinski definition) is 5. The molecule has 1 saturated carbocycles. The van der Waals surface area contributed by atoms with Gasteiger partial charge < -0.3 is 10.6 Å². The van der Waals surface area contributed by atoms with Crippen molar-refractivity contribution in [2.75, 3.05) is 10.6 Å². The molecule has 1 aromatic carbocycles. The van der Waals surface area contributed by atoms with E-state index < -0.39 is 0 Å². The second kappa shape index (κ2) is 7.10. The number of aromatic nitrogens is 6. The van der Waals surface area contributed by atoms with Crippen molar-refractivity contribution in [1.82, 2.24) is 30.4 Å². The average molecular weight is 430 g/mol. The van der Waals surface area contributed by atoms with Crippen LogP contribution in [0.15, 0.2) is 52.8 Å². The van der Waals surface area contributed by atoms with E-state index in [1.807, 2.05) is 35.7 Å². The molecule has 1 fully saturated rings. The third-order valence-electron chi connectivity index (χ3n) is 5.25. The van der Waals surface area contributed by atoms with Crippen LogP contribution in [-0.2, 0) is 0 Å². The molecule has 4 heterocycles. The first-order valence-electron chi connectivity index (χ1n) is 9.93. The average Bonchev–Trinajstić information content (AvgIpc) is 3.14. The van der Waals surface area contributed by atoms with E-state index in [0.29, 0.717) is 28.6 Å². The Balaban J connectivity index is 1.34. The molecule has 1 aliphatic rings. The summed E-state index contributed by atoms with van der Waals surface area (Å²) in [6, 6.07) is 11.5. The van der Waals surface area contributed by atoms with Crippen LogP contribution in [0.5, 0.6) is 0 Å². The predicted molar refractivity (Wildman–Crippen MR) is 121 cm³/mol. The van der Waals surface area contributed by atoms with Gasteiger partial charge in [-0.3, -0.25) is 20.1 Å². The largest absolute Gasteiger partial charge is 0.325 e. The van der Waals surface area contributed by atoms with Gasteiger partial charge in [0.15, 0.2) is 0 Å². The van der Waals surface area contributed by atoms with Crippen molar-refractivity contribution in [3.8, 4) is 10.4 Å². The van der Waals surface area contributed by atoms with Crippen LogP contribution in [0.1, 0.15) is 24.5 Å². The molecular formula is C21H18N8OS. The Kier molecular flexibility index (Phi) is 4.10. The Labute approximate surface area is 180 Å². The summed E-state index contributed by atoms with van der Waals surface area (Å²) in [5, 5.41) is 22.1. The normalized spacial score (nSPS) is 13.5. The van der Waals surface area contributed by atoms with Gasteiger partial charge in [-0.25, -0.2) is 4.98 Å². The van der Waals surface area contributed by atoms with E-state index in [-0.39, 0.29) is 5.56 Å². The molecule has 1 aliphatic carbocycles. The summed E-state index contributed by atoms with van der Waals surface area (Å²) in [5.41, 5.74) is 3.34. The van der Waals surface area contributed by atoms with E-state index in [1.54, 1.807) is 23.6 Å². The summed E-state index contributed by atoms with van der Waals surface area (Å²) < 4.78 is 0. The van der Waals surface area contributed by atoms with Gasteiger partial charge >= 0.3 is 0 Å². The second-order valence-corrected chi connectivity index (χ2v) is 8.45. The highest BCUT2D eigenvalue weighted by molar-refractivity contribution is 7.13. The summed E-state index contributed by atoms with van der Waals surface area (Å²) in [4.78, 5) is 22.0. The van der Waals surface area contributed by atoms with Gasteiger partial charge in [0.05, 0.1) is 22.2 Å². The molecule has 0 atom stereocenters. The third kappa shape index (κ3) is 3.46. The van der Waals surface area contributed by atoms with Crippen molar-refractivity contribution in [1.29, 1.82) is 0 Å². The van der Waals surface area contributed by atoms with Crippen LogP contribution in [0.2, 0.25) is 0 Å². The van der Waals surface area contributed by atoms with Gasteiger partial charge in [0.25, 0.3) is 5.56 Å². The van der Waals surface area contributed by atoms with Crippen molar-refractivity contribution in [3.05, 3.63) is 64.0 Å². The summed E-state index contributed by atoms with van der Waals surface area (Å²) in [6.07, 6.45) is 4.20. The van der Waals surface area contributed by atoms with E-state index in [9.17, 15) is 4.79 Å². The molecule has 5 N–H and O–H groups in total. The molecule has 31 heavy (non-hydrogen) atoms. The lowest BCUT2D eigenvalue weighted by Gasteiger charge is -2.11. The molecule has 5 aromatic rings. The van der Waals surface area contributed by atoms with Gasteiger partial charge in [0, 0.05) is 28.7 Å². The van der Waals surface area contributed by atoms with Crippen molar-refractivity contribution < 1.29 is 0 Å². The van der Waals surface area contributed by atoms with Crippen molar-refractivity contribution in [2.24, 2.45) is 0 Å². The fourth-order valence-corrected chi connectivity index (χ4v) is 4.25. The number of thiophene rings is 1. The zero-order chi connectivity index (χ0) is 20.8. The van der Waals surface area contributed by atoms with Crippen molar-refractivity contribution in [2.45, 2.75) is 18.8 Å². The Morgan fingerprint density at radius 3 is 2.87 bits per heavy atom. The lowest BCUT2D eigenvalue weighted by atomic mass is 10.2. The van der Waals surface area contributed by atoms with Crippen LogP contribution in [0, 0.1) is 0 Å². The molecule has 9 nitrogen and oxygen atoms in total. The fourth-order valence-electron chi connectivity index (χ4n) is 3.51. The summed E-state index contributed by atoms with van der Waals surface area (Å²) >= 11 is 1.63. The molecule has 0 radical (unpaired) electrons. The number of fused-ring (bicyclic) bond motifs is 1. The van der Waals surface area contributed by atoms with E-state index in [4.69, 9.17) is 4.98 Å². The quantitative estimate of drug-likeness (QED) is 0.271. The highest BCUT2D eigenvalue weighted by atomic mass is 32.1. The van der Waals surface area contributed by atoms with Gasteiger partial charge in [-0.15, -0.1) is 11.3 Å². The number of aromatic amines is 3. The van der Waals surface area contributed by atoms with Crippen LogP contribution < -0.4 is 16.2 Å². The Morgan fingerprint density at radius 1 is 1.10 bits per heavy atom. The zero-order valence-electron chi connectivity index (χ0n) is 16.3. The Bertz CT molecular complexity index is 1430. The van der Waals surface area contributed by atoms with E-state index >= 15 is 0 Å². The zero-order valence-corrected chi connectivity index (χ0v) is 17.1. The summed E-state index contributed by atoms with van der Waals surface area (Å²) in [5.74, 6) is 2.50. The topological polar surface area (TPSA) is 127 Å². The smallest absolute Gasteiger partial charge is 0.271 e. The SMILES string of the molecule is O=c1[nH][nH]c2cc(Nc3ncc(-c4cccs4)c(Nc4cc(C5CC5)n[nH]4)n3)ccc12. The first-order chi connectivity index (χ1) is 15.2. The standard InChI is InChI=1S/C21H18N8OS/c30-20-13-6-5-12(8-16(13)27-29-20)23-21-22-10-14(17-2-1-7-31-17)19(25-21)24-18-9-15(26-28-18)11-3-4-11/h1-2,5-11H,3-4H2,(H2,27,29,30)(H3,22,23,24,25,26,28). The molecule has 6 rings (SSSR count). The lowest BCUT2D eigenvalue weighted by Crippen LogP contribution is -2.03. The monoisotopic (exact) mass is 430 g/mol. The molecule has 10 heteroatoms. The fraction of sp³-hybridized carbons (Fsp3) is 0.143. The molecule has 154 valence electrons. The minimum atomic E-state index is -0.144.